The first-order valence-electron chi connectivity index (χ1n) is 5.53. The van der Waals surface area contributed by atoms with Crippen LogP contribution in [0.3, 0.4) is 0 Å². The van der Waals surface area contributed by atoms with E-state index < -0.39 is 0 Å². The van der Waals surface area contributed by atoms with Crippen LogP contribution in [-0.2, 0) is 6.42 Å². The summed E-state index contributed by atoms with van der Waals surface area (Å²) < 4.78 is 0. The molecule has 0 aliphatic carbocycles. The molecule has 2 aromatic rings. The van der Waals surface area contributed by atoms with Crippen molar-refractivity contribution in [1.29, 1.82) is 0 Å². The highest BCUT2D eigenvalue weighted by Gasteiger charge is 2.02. The molecule has 0 radical (unpaired) electrons. The summed E-state index contributed by atoms with van der Waals surface area (Å²) in [6.45, 7) is 4.09. The number of nitrogen functional groups attached to an aromatic ring is 1. The second-order valence-corrected chi connectivity index (χ2v) is 3.93. The average Bonchev–Trinajstić information content (AvgIpc) is 2.33. The van der Waals surface area contributed by atoms with Gasteiger partial charge in [0.15, 0.2) is 0 Å². The van der Waals surface area contributed by atoms with Gasteiger partial charge in [-0.1, -0.05) is 25.1 Å². The fourth-order valence-corrected chi connectivity index (χ4v) is 1.68. The number of hydrogen-bond acceptors (Lipinski definition) is 2. The first kappa shape index (κ1) is 10.7. The number of anilines is 1. The number of pyridine rings is 1. The number of benzene rings is 1. The molecule has 16 heavy (non-hydrogen) atoms. The molecule has 0 bridgehead atoms. The first-order chi connectivity index (χ1) is 7.70. The van der Waals surface area contributed by atoms with E-state index in [4.69, 9.17) is 5.73 Å². The molecule has 0 aliphatic heterocycles. The van der Waals surface area contributed by atoms with Gasteiger partial charge < -0.3 is 5.73 Å². The Kier molecular flexibility index (Phi) is 2.91. The molecule has 0 amide bonds. The van der Waals surface area contributed by atoms with Gasteiger partial charge in [-0.2, -0.15) is 0 Å². The van der Waals surface area contributed by atoms with Crippen molar-refractivity contribution >= 4 is 5.69 Å². The molecular formula is C14H16N2. The smallest absolute Gasteiger partial charge is 0.0706 e. The lowest BCUT2D eigenvalue weighted by Crippen LogP contribution is -1.94. The third kappa shape index (κ3) is 2.06. The highest BCUT2D eigenvalue weighted by Crippen LogP contribution is 2.21. The lowest BCUT2D eigenvalue weighted by Gasteiger charge is -2.05. The molecule has 0 aliphatic rings. The molecule has 2 N–H and O–H groups in total. The molecule has 0 saturated heterocycles. The zero-order valence-corrected chi connectivity index (χ0v) is 9.70. The molecule has 2 nitrogen and oxygen atoms in total. The molecule has 0 saturated carbocycles. The zero-order chi connectivity index (χ0) is 11.5. The van der Waals surface area contributed by atoms with Crippen LogP contribution < -0.4 is 5.73 Å². The fourth-order valence-electron chi connectivity index (χ4n) is 1.68. The van der Waals surface area contributed by atoms with Crippen molar-refractivity contribution in [2.24, 2.45) is 0 Å². The minimum absolute atomic E-state index is 0.746. The third-order valence-electron chi connectivity index (χ3n) is 2.76. The molecule has 2 heteroatoms. The molecule has 0 spiro atoms. The predicted octanol–water partition coefficient (Wildman–Crippen LogP) is 3.20. The van der Waals surface area contributed by atoms with Gasteiger partial charge in [0.1, 0.15) is 0 Å². The van der Waals surface area contributed by atoms with E-state index in [0.29, 0.717) is 0 Å². The average molecular weight is 212 g/mol. The summed E-state index contributed by atoms with van der Waals surface area (Å²) in [7, 11) is 0. The van der Waals surface area contributed by atoms with Crippen LogP contribution in [-0.4, -0.2) is 4.98 Å². The Morgan fingerprint density at radius 3 is 2.69 bits per heavy atom. The van der Waals surface area contributed by atoms with Crippen LogP contribution in [0.25, 0.3) is 11.3 Å². The molecule has 0 fully saturated rings. The summed E-state index contributed by atoms with van der Waals surface area (Å²) in [5, 5.41) is 0. The monoisotopic (exact) mass is 212 g/mol. The molecule has 1 aromatic carbocycles. The second kappa shape index (κ2) is 4.35. The normalized spacial score (nSPS) is 10.4. The molecule has 2 rings (SSSR count). The highest BCUT2D eigenvalue weighted by molar-refractivity contribution is 5.62. The Labute approximate surface area is 96.1 Å². The number of rotatable bonds is 2. The molecular weight excluding hydrogens is 196 g/mol. The van der Waals surface area contributed by atoms with Crippen molar-refractivity contribution in [2.45, 2.75) is 20.3 Å². The number of hydrogen-bond donors (Lipinski definition) is 1. The van der Waals surface area contributed by atoms with Crippen LogP contribution in [0.5, 0.6) is 0 Å². The maximum Gasteiger partial charge on any atom is 0.0706 e. The van der Waals surface area contributed by atoms with Crippen LogP contribution in [0.1, 0.15) is 18.2 Å². The quantitative estimate of drug-likeness (QED) is 0.830. The van der Waals surface area contributed by atoms with Gasteiger partial charge in [0.05, 0.1) is 17.1 Å². The Balaban J connectivity index is 2.46. The van der Waals surface area contributed by atoms with Gasteiger partial charge in [-0.05, 0) is 37.1 Å². The Morgan fingerprint density at radius 1 is 1.19 bits per heavy atom. The van der Waals surface area contributed by atoms with Crippen molar-refractivity contribution in [3.8, 4) is 11.3 Å². The van der Waals surface area contributed by atoms with Crippen LogP contribution in [0.15, 0.2) is 36.4 Å². The van der Waals surface area contributed by atoms with Crippen LogP contribution in [0.4, 0.5) is 5.69 Å². The maximum atomic E-state index is 5.76. The molecule has 0 unspecified atom stereocenters. The van der Waals surface area contributed by atoms with Gasteiger partial charge in [0.25, 0.3) is 0 Å². The lowest BCUT2D eigenvalue weighted by molar-refractivity contribution is 1.14. The number of nitrogens with two attached hydrogens (primary N) is 1. The van der Waals surface area contributed by atoms with Crippen LogP contribution in [0, 0.1) is 6.92 Å². The van der Waals surface area contributed by atoms with E-state index in [-0.39, 0.29) is 0 Å². The van der Waals surface area contributed by atoms with E-state index in [1.165, 1.54) is 5.56 Å². The second-order valence-electron chi connectivity index (χ2n) is 3.93. The molecule has 1 heterocycles. The van der Waals surface area contributed by atoms with Crippen molar-refractivity contribution in [2.75, 3.05) is 5.73 Å². The highest BCUT2D eigenvalue weighted by atomic mass is 14.7. The van der Waals surface area contributed by atoms with Gasteiger partial charge in [-0.3, -0.25) is 4.98 Å². The van der Waals surface area contributed by atoms with E-state index in [2.05, 4.69) is 36.2 Å². The number of nitrogens with zero attached hydrogens (tertiary/aromatic N) is 1. The minimum Gasteiger partial charge on any atom is -0.397 e. The number of aryl methyl sites for hydroxylation is 2. The van der Waals surface area contributed by atoms with Crippen molar-refractivity contribution in [1.82, 2.24) is 4.98 Å². The van der Waals surface area contributed by atoms with E-state index in [1.807, 2.05) is 19.1 Å². The largest absolute Gasteiger partial charge is 0.397 e. The third-order valence-corrected chi connectivity index (χ3v) is 2.76. The summed E-state index contributed by atoms with van der Waals surface area (Å²) in [5.41, 5.74) is 10.9. The lowest BCUT2D eigenvalue weighted by atomic mass is 10.1. The topological polar surface area (TPSA) is 38.9 Å². The summed E-state index contributed by atoms with van der Waals surface area (Å²) in [4.78, 5) is 4.49. The van der Waals surface area contributed by atoms with Crippen molar-refractivity contribution < 1.29 is 0 Å². The Bertz CT molecular complexity index is 504. The fraction of sp³-hybridized carbons (Fsp3) is 0.214. The summed E-state index contributed by atoms with van der Waals surface area (Å²) in [6, 6.07) is 12.3. The van der Waals surface area contributed by atoms with Crippen LogP contribution in [0.2, 0.25) is 0 Å². The SMILES string of the molecule is CCc1cccc(-c2ccc(N)c(C)n2)c1. The molecule has 1 aromatic heterocycles. The van der Waals surface area contributed by atoms with Gasteiger partial charge in [-0.25, -0.2) is 0 Å². The predicted molar refractivity (Wildman–Crippen MR) is 68.2 cm³/mol. The van der Waals surface area contributed by atoms with Crippen molar-refractivity contribution in [3.05, 3.63) is 47.7 Å². The molecule has 82 valence electrons. The number of aromatic nitrogens is 1. The Morgan fingerprint density at radius 2 is 2.00 bits per heavy atom. The van der Waals surface area contributed by atoms with E-state index in [1.54, 1.807) is 0 Å². The van der Waals surface area contributed by atoms with Crippen LogP contribution >= 0.6 is 0 Å². The van der Waals surface area contributed by atoms with Gasteiger partial charge in [-0.15, -0.1) is 0 Å². The van der Waals surface area contributed by atoms with Gasteiger partial charge in [0.2, 0.25) is 0 Å². The summed E-state index contributed by atoms with van der Waals surface area (Å²) in [6.07, 6.45) is 1.04. The maximum absolute atomic E-state index is 5.76. The van der Waals surface area contributed by atoms with Crippen molar-refractivity contribution in [3.63, 3.8) is 0 Å². The standard InChI is InChI=1S/C14H16N2/c1-3-11-5-4-6-12(9-11)14-8-7-13(15)10(2)16-14/h4-9H,3,15H2,1-2H3. The van der Waals surface area contributed by atoms with Gasteiger partial charge in [0, 0.05) is 5.56 Å². The zero-order valence-electron chi connectivity index (χ0n) is 9.70. The Hall–Kier alpha value is -1.83. The van der Waals surface area contributed by atoms with Gasteiger partial charge >= 0.3 is 0 Å². The summed E-state index contributed by atoms with van der Waals surface area (Å²) >= 11 is 0. The molecule has 0 atom stereocenters. The van der Waals surface area contributed by atoms with E-state index in [0.717, 1.165) is 29.1 Å². The minimum atomic E-state index is 0.746. The van der Waals surface area contributed by atoms with E-state index >= 15 is 0 Å². The van der Waals surface area contributed by atoms with E-state index in [9.17, 15) is 0 Å². The summed E-state index contributed by atoms with van der Waals surface area (Å²) in [5.74, 6) is 0. The first-order valence-corrected chi connectivity index (χ1v) is 5.53.